The van der Waals surface area contributed by atoms with E-state index in [1.807, 2.05) is 6.92 Å². The Hall–Kier alpha value is -3.55. The maximum Gasteiger partial charge on any atom is 0.429 e. The first kappa shape index (κ1) is 26.7. The maximum atomic E-state index is 13.8. The fraction of sp³-hybridized carbons (Fsp3) is 0.136. The van der Waals surface area contributed by atoms with Crippen LogP contribution in [0.25, 0.3) is 27.6 Å². The third-order valence-corrected chi connectivity index (χ3v) is 4.13. The van der Waals surface area contributed by atoms with E-state index in [2.05, 4.69) is 36.1 Å². The van der Waals surface area contributed by atoms with E-state index in [1.54, 1.807) is 31.2 Å². The topological polar surface area (TPSA) is 70.0 Å². The molecule has 0 fully saturated rings. The summed E-state index contributed by atoms with van der Waals surface area (Å²) in [6.07, 6.45) is -1.57. The van der Waals surface area contributed by atoms with Gasteiger partial charge < -0.3 is 15.1 Å². The molecule has 177 valence electrons. The van der Waals surface area contributed by atoms with Crippen molar-refractivity contribution in [1.82, 2.24) is 25.1 Å². The normalized spacial score (nSPS) is 10.5. The molecule has 0 amide bonds. The monoisotopic (exact) mass is 649 g/mol. The van der Waals surface area contributed by atoms with Crippen LogP contribution in [-0.2, 0) is 26.3 Å². The van der Waals surface area contributed by atoms with Crippen molar-refractivity contribution in [2.45, 2.75) is 20.0 Å². The van der Waals surface area contributed by atoms with Gasteiger partial charge in [-0.05, 0) is 49.1 Å². The van der Waals surface area contributed by atoms with E-state index in [4.69, 9.17) is 6.57 Å². The zero-order chi connectivity index (χ0) is 24.2. The predicted molar refractivity (Wildman–Crippen MR) is 108 cm³/mol. The number of pyridine rings is 2. The molecular weight excluding hydrogens is 635 g/mol. The third-order valence-electron chi connectivity index (χ3n) is 4.13. The Balaban J connectivity index is 0.000000234. The molecule has 12 heteroatoms. The standard InChI is InChI=1S/C13H7F2N2.C9H6F3N4.Ir/c1-8-5-6-17-11(7-8)9-3-4-10(14)13(16-2)12(9)15;1-5-2-3-13-6(4-5)7-14-8(16-15-7)9(10,11)12;/h4-7H,1H3;2-4H,1H3;/q2*-1;. The smallest absolute Gasteiger partial charge is 0.413 e. The Bertz CT molecular complexity index is 1330. The van der Waals surface area contributed by atoms with Crippen molar-refractivity contribution in [2.24, 2.45) is 0 Å². The van der Waals surface area contributed by atoms with Gasteiger partial charge in [-0.3, -0.25) is 23.7 Å². The summed E-state index contributed by atoms with van der Waals surface area (Å²) < 4.78 is 63.6. The number of benzene rings is 1. The fourth-order valence-electron chi connectivity index (χ4n) is 2.58. The molecule has 0 atom stereocenters. The van der Waals surface area contributed by atoms with Crippen LogP contribution < -0.4 is 5.10 Å². The average molecular weight is 649 g/mol. The molecular formula is C22H13F5IrN6-2. The third kappa shape index (κ3) is 6.27. The van der Waals surface area contributed by atoms with Gasteiger partial charge in [-0.15, -0.1) is 17.7 Å². The molecule has 3 aromatic heterocycles. The molecule has 4 rings (SSSR count). The summed E-state index contributed by atoms with van der Waals surface area (Å²) in [5, 5.41) is 6.32. The number of aromatic nitrogens is 5. The van der Waals surface area contributed by atoms with Crippen molar-refractivity contribution in [3.63, 3.8) is 0 Å². The van der Waals surface area contributed by atoms with Gasteiger partial charge in [0.25, 0.3) is 0 Å². The van der Waals surface area contributed by atoms with Crippen LogP contribution in [0.2, 0.25) is 0 Å². The van der Waals surface area contributed by atoms with Crippen molar-refractivity contribution < 1.29 is 42.1 Å². The van der Waals surface area contributed by atoms with Gasteiger partial charge in [0.15, 0.2) is 5.69 Å². The minimum Gasteiger partial charge on any atom is -0.413 e. The summed E-state index contributed by atoms with van der Waals surface area (Å²) in [6.45, 7) is 10.4. The first-order valence-electron chi connectivity index (χ1n) is 9.18. The molecule has 0 aliphatic carbocycles. The molecule has 0 saturated carbocycles. The van der Waals surface area contributed by atoms with Crippen LogP contribution in [0.3, 0.4) is 0 Å². The summed E-state index contributed by atoms with van der Waals surface area (Å²) >= 11 is 0. The number of halogens is 5. The van der Waals surface area contributed by atoms with Gasteiger partial charge in [-0.2, -0.15) is 13.2 Å². The molecule has 3 heterocycles. The molecule has 1 aromatic carbocycles. The van der Waals surface area contributed by atoms with Crippen LogP contribution in [0.4, 0.5) is 27.6 Å². The summed E-state index contributed by atoms with van der Waals surface area (Å²) in [4.78, 5) is 14.0. The molecule has 0 spiro atoms. The summed E-state index contributed by atoms with van der Waals surface area (Å²) in [5.74, 6) is -3.19. The van der Waals surface area contributed by atoms with Crippen LogP contribution in [0, 0.1) is 38.1 Å². The molecule has 1 radical (unpaired) electrons. The summed E-state index contributed by atoms with van der Waals surface area (Å²) in [7, 11) is 0. The molecule has 0 saturated heterocycles. The quantitative estimate of drug-likeness (QED) is 0.212. The number of alkyl halides is 3. The van der Waals surface area contributed by atoms with E-state index >= 15 is 0 Å². The van der Waals surface area contributed by atoms with Crippen molar-refractivity contribution >= 4 is 5.69 Å². The SMILES string of the molecule is Cc1ccnc(-c2nc(C(F)(F)F)n[n-]2)c1.[C-]#[N+]c1c(F)c[c-]c(-c2cc(C)ccn2)c1F.[Ir]. The Morgan fingerprint density at radius 1 is 1.00 bits per heavy atom. The van der Waals surface area contributed by atoms with Gasteiger partial charge in [0.1, 0.15) is 5.82 Å². The second-order valence-corrected chi connectivity index (χ2v) is 6.68. The Labute approximate surface area is 204 Å². The Morgan fingerprint density at radius 3 is 2.12 bits per heavy atom. The molecule has 0 aliphatic rings. The van der Waals surface area contributed by atoms with Crippen LogP contribution in [-0.4, -0.2) is 20.1 Å². The van der Waals surface area contributed by atoms with Crippen LogP contribution >= 0.6 is 0 Å². The van der Waals surface area contributed by atoms with Crippen LogP contribution in [0.5, 0.6) is 0 Å². The van der Waals surface area contributed by atoms with Gasteiger partial charge in [0.2, 0.25) is 0 Å². The maximum absolute atomic E-state index is 13.8. The molecule has 0 bridgehead atoms. The zero-order valence-corrected chi connectivity index (χ0v) is 19.8. The van der Waals surface area contributed by atoms with Gasteiger partial charge in [0.05, 0.1) is 12.3 Å². The predicted octanol–water partition coefficient (Wildman–Crippen LogP) is 5.51. The molecule has 4 aromatic rings. The first-order chi connectivity index (χ1) is 15.6. The van der Waals surface area contributed by atoms with Crippen LogP contribution in [0.15, 0.2) is 42.7 Å². The zero-order valence-electron chi connectivity index (χ0n) is 17.4. The first-order valence-corrected chi connectivity index (χ1v) is 9.18. The number of aryl methyl sites for hydroxylation is 2. The van der Waals surface area contributed by atoms with E-state index in [9.17, 15) is 22.0 Å². The van der Waals surface area contributed by atoms with E-state index in [0.29, 0.717) is 5.69 Å². The molecule has 0 unspecified atom stereocenters. The van der Waals surface area contributed by atoms with Crippen LogP contribution in [0.1, 0.15) is 17.0 Å². The second-order valence-electron chi connectivity index (χ2n) is 6.68. The van der Waals surface area contributed by atoms with E-state index < -0.39 is 29.3 Å². The Morgan fingerprint density at radius 2 is 1.59 bits per heavy atom. The van der Waals surface area contributed by atoms with Crippen molar-refractivity contribution in [2.75, 3.05) is 0 Å². The minimum atomic E-state index is -4.57. The number of hydrogen-bond acceptors (Lipinski definition) is 4. The molecule has 0 N–H and O–H groups in total. The van der Waals surface area contributed by atoms with E-state index in [-0.39, 0.29) is 37.2 Å². The van der Waals surface area contributed by atoms with Crippen molar-refractivity contribution in [1.29, 1.82) is 0 Å². The summed E-state index contributed by atoms with van der Waals surface area (Å²) in [5.41, 5.74) is 1.78. The molecule has 0 aliphatic heterocycles. The number of rotatable bonds is 2. The fourth-order valence-corrected chi connectivity index (χ4v) is 2.58. The van der Waals surface area contributed by atoms with E-state index in [1.165, 1.54) is 12.4 Å². The van der Waals surface area contributed by atoms with Gasteiger partial charge in [-0.1, -0.05) is 11.6 Å². The van der Waals surface area contributed by atoms with Gasteiger partial charge in [0, 0.05) is 44.1 Å². The van der Waals surface area contributed by atoms with Gasteiger partial charge in [-0.25, -0.2) is 0 Å². The van der Waals surface area contributed by atoms with Crippen molar-refractivity contribution in [3.05, 3.63) is 88.8 Å². The Kier molecular flexibility index (Phi) is 8.68. The largest absolute Gasteiger partial charge is 0.429 e. The number of nitrogens with zero attached hydrogens (tertiary/aromatic N) is 6. The summed E-state index contributed by atoms with van der Waals surface area (Å²) in [6, 6.07) is 10.2. The average Bonchev–Trinajstić information content (AvgIpc) is 3.26. The number of hydrogen-bond donors (Lipinski definition) is 0. The van der Waals surface area contributed by atoms with Crippen molar-refractivity contribution in [3.8, 4) is 22.8 Å². The second kappa shape index (κ2) is 11.0. The van der Waals surface area contributed by atoms with E-state index in [0.717, 1.165) is 17.2 Å². The molecule has 34 heavy (non-hydrogen) atoms. The molecule has 6 nitrogen and oxygen atoms in total. The minimum absolute atomic E-state index is 0. The van der Waals surface area contributed by atoms with Gasteiger partial charge >= 0.3 is 6.18 Å².